The van der Waals surface area contributed by atoms with Crippen molar-refractivity contribution in [2.45, 2.75) is 50.6 Å². The third-order valence-corrected chi connectivity index (χ3v) is 3.23. The summed E-state index contributed by atoms with van der Waals surface area (Å²) in [4.78, 5) is 2.21. The number of rotatable bonds is 1. The van der Waals surface area contributed by atoms with Crippen molar-refractivity contribution in [2.75, 3.05) is 6.54 Å². The fraction of sp³-hybridized carbons (Fsp3) is 1.00. The van der Waals surface area contributed by atoms with Crippen molar-refractivity contribution in [1.82, 2.24) is 4.90 Å². The quantitative estimate of drug-likeness (QED) is 0.591. The molecule has 0 atom stereocenters. The number of hydrogen-bond acceptors (Lipinski definition) is 1. The summed E-state index contributed by atoms with van der Waals surface area (Å²) in [6.45, 7) is 5.17. The number of halogens is 2. The Labute approximate surface area is 71.7 Å². The molecule has 0 unspecified atom stereocenters. The van der Waals surface area contributed by atoms with E-state index in [1.807, 2.05) is 0 Å². The molecule has 0 N–H and O–H groups in total. The zero-order valence-corrected chi connectivity index (χ0v) is 7.61. The highest BCUT2D eigenvalue weighted by Gasteiger charge is 2.63. The van der Waals surface area contributed by atoms with Crippen LogP contribution < -0.4 is 0 Å². The Morgan fingerprint density at radius 1 is 1.25 bits per heavy atom. The third-order valence-electron chi connectivity index (χ3n) is 3.23. The summed E-state index contributed by atoms with van der Waals surface area (Å²) >= 11 is 0. The second-order valence-corrected chi connectivity index (χ2v) is 4.47. The van der Waals surface area contributed by atoms with E-state index in [4.69, 9.17) is 0 Å². The zero-order valence-electron chi connectivity index (χ0n) is 7.61. The topological polar surface area (TPSA) is 3.24 Å². The Bertz CT molecular complexity index is 193. The summed E-state index contributed by atoms with van der Waals surface area (Å²) in [7, 11) is 0. The van der Waals surface area contributed by atoms with Crippen LogP contribution in [-0.4, -0.2) is 28.9 Å². The van der Waals surface area contributed by atoms with Gasteiger partial charge in [0.15, 0.2) is 0 Å². The summed E-state index contributed by atoms with van der Waals surface area (Å²) in [6.07, 6.45) is 1.16. The van der Waals surface area contributed by atoms with E-state index in [1.54, 1.807) is 0 Å². The molecule has 0 aromatic heterocycles. The minimum absolute atomic E-state index is 0.0954. The summed E-state index contributed by atoms with van der Waals surface area (Å²) in [5, 5.41) is 0. The second-order valence-electron chi connectivity index (χ2n) is 4.47. The van der Waals surface area contributed by atoms with E-state index >= 15 is 0 Å². The maximum Gasteiger partial charge on any atom is 0.251 e. The molecule has 0 bridgehead atoms. The molecule has 1 saturated carbocycles. The summed E-state index contributed by atoms with van der Waals surface area (Å²) < 4.78 is 25.3. The van der Waals surface area contributed by atoms with Crippen LogP contribution >= 0.6 is 0 Å². The second kappa shape index (κ2) is 2.19. The van der Waals surface area contributed by atoms with Crippen LogP contribution in [0, 0.1) is 0 Å². The molecule has 2 rings (SSSR count). The SMILES string of the molecule is CC(C)N1CCC12CC(F)(F)C2. The molecule has 1 heterocycles. The van der Waals surface area contributed by atoms with Gasteiger partial charge in [-0.3, -0.25) is 4.90 Å². The number of nitrogens with zero attached hydrogens (tertiary/aromatic N) is 1. The van der Waals surface area contributed by atoms with Crippen LogP contribution in [0.4, 0.5) is 8.78 Å². The normalized spacial score (nSPS) is 31.8. The van der Waals surface area contributed by atoms with Gasteiger partial charge in [-0.25, -0.2) is 8.78 Å². The molecular formula is C9H15F2N. The van der Waals surface area contributed by atoms with Gasteiger partial charge in [0.1, 0.15) is 0 Å². The molecule has 2 fully saturated rings. The molecule has 1 aliphatic carbocycles. The molecule has 1 nitrogen and oxygen atoms in total. The van der Waals surface area contributed by atoms with Crippen molar-refractivity contribution in [3.63, 3.8) is 0 Å². The fourth-order valence-corrected chi connectivity index (χ4v) is 2.65. The molecule has 0 aromatic rings. The molecule has 1 spiro atoms. The van der Waals surface area contributed by atoms with Crippen molar-refractivity contribution in [2.24, 2.45) is 0 Å². The van der Waals surface area contributed by atoms with Crippen LogP contribution in [0.25, 0.3) is 0 Å². The molecule has 12 heavy (non-hydrogen) atoms. The Morgan fingerprint density at radius 3 is 2.08 bits per heavy atom. The lowest BCUT2D eigenvalue weighted by Crippen LogP contribution is -2.71. The molecule has 1 aliphatic heterocycles. The van der Waals surface area contributed by atoms with Gasteiger partial charge in [-0.15, -0.1) is 0 Å². The number of likely N-dealkylation sites (tertiary alicyclic amines) is 1. The van der Waals surface area contributed by atoms with Crippen molar-refractivity contribution in [1.29, 1.82) is 0 Å². The van der Waals surface area contributed by atoms with Gasteiger partial charge in [0.25, 0.3) is 5.92 Å². The van der Waals surface area contributed by atoms with E-state index in [0.717, 1.165) is 13.0 Å². The number of alkyl halides is 2. The lowest BCUT2D eigenvalue weighted by atomic mass is 9.64. The van der Waals surface area contributed by atoms with Crippen LogP contribution in [0.1, 0.15) is 33.1 Å². The average Bonchev–Trinajstić information content (AvgIpc) is 1.77. The first-order valence-electron chi connectivity index (χ1n) is 4.60. The van der Waals surface area contributed by atoms with Crippen molar-refractivity contribution in [3.05, 3.63) is 0 Å². The van der Waals surface area contributed by atoms with E-state index in [1.165, 1.54) is 0 Å². The van der Waals surface area contributed by atoms with Crippen LogP contribution in [0.3, 0.4) is 0 Å². The molecule has 70 valence electrons. The first-order chi connectivity index (χ1) is 5.45. The summed E-state index contributed by atoms with van der Waals surface area (Å²) in [6, 6.07) is 0.426. The van der Waals surface area contributed by atoms with E-state index in [-0.39, 0.29) is 18.4 Å². The molecule has 2 aliphatic rings. The van der Waals surface area contributed by atoms with Gasteiger partial charge in [-0.1, -0.05) is 0 Å². The lowest BCUT2D eigenvalue weighted by Gasteiger charge is -2.62. The van der Waals surface area contributed by atoms with Crippen LogP contribution in [0.2, 0.25) is 0 Å². The van der Waals surface area contributed by atoms with Gasteiger partial charge >= 0.3 is 0 Å². The predicted octanol–water partition coefficient (Wildman–Crippen LogP) is 2.27. The monoisotopic (exact) mass is 175 g/mol. The minimum atomic E-state index is -2.37. The molecule has 1 saturated heterocycles. The van der Waals surface area contributed by atoms with Crippen LogP contribution in [-0.2, 0) is 0 Å². The summed E-state index contributed by atoms with van der Waals surface area (Å²) in [5.74, 6) is -2.37. The van der Waals surface area contributed by atoms with E-state index in [0.29, 0.717) is 6.04 Å². The van der Waals surface area contributed by atoms with Crippen LogP contribution in [0.15, 0.2) is 0 Å². The first kappa shape index (κ1) is 8.42. The Kier molecular flexibility index (Phi) is 1.54. The standard InChI is InChI=1S/C9H15F2N/c1-7(2)12-4-3-8(12)5-9(10,11)6-8/h7H,3-6H2,1-2H3. The van der Waals surface area contributed by atoms with Crippen molar-refractivity contribution < 1.29 is 8.78 Å². The predicted molar refractivity (Wildman–Crippen MR) is 43.4 cm³/mol. The Hall–Kier alpha value is -0.180. The van der Waals surface area contributed by atoms with E-state index in [9.17, 15) is 8.78 Å². The molecular weight excluding hydrogens is 160 g/mol. The molecule has 3 heteroatoms. The van der Waals surface area contributed by atoms with Gasteiger partial charge in [-0.2, -0.15) is 0 Å². The Balaban J connectivity index is 1.99. The minimum Gasteiger partial charge on any atom is -0.295 e. The molecule has 0 radical (unpaired) electrons. The molecule has 0 aromatic carbocycles. The Morgan fingerprint density at radius 2 is 1.83 bits per heavy atom. The average molecular weight is 175 g/mol. The van der Waals surface area contributed by atoms with Gasteiger partial charge in [0.2, 0.25) is 0 Å². The van der Waals surface area contributed by atoms with Crippen LogP contribution in [0.5, 0.6) is 0 Å². The maximum absolute atomic E-state index is 12.7. The van der Waals surface area contributed by atoms with Gasteiger partial charge < -0.3 is 0 Å². The highest BCUT2D eigenvalue weighted by molar-refractivity contribution is 5.13. The smallest absolute Gasteiger partial charge is 0.251 e. The molecule has 0 amide bonds. The largest absolute Gasteiger partial charge is 0.295 e. The maximum atomic E-state index is 12.7. The van der Waals surface area contributed by atoms with Crippen molar-refractivity contribution >= 4 is 0 Å². The van der Waals surface area contributed by atoms with E-state index in [2.05, 4.69) is 18.7 Å². The van der Waals surface area contributed by atoms with Gasteiger partial charge in [0, 0.05) is 31.0 Å². The highest BCUT2D eigenvalue weighted by atomic mass is 19.3. The highest BCUT2D eigenvalue weighted by Crippen LogP contribution is 2.55. The van der Waals surface area contributed by atoms with Gasteiger partial charge in [-0.05, 0) is 20.3 Å². The zero-order chi connectivity index (χ0) is 8.98. The third kappa shape index (κ3) is 0.987. The number of hydrogen-bond donors (Lipinski definition) is 0. The van der Waals surface area contributed by atoms with Crippen molar-refractivity contribution in [3.8, 4) is 0 Å². The van der Waals surface area contributed by atoms with Gasteiger partial charge in [0.05, 0.1) is 0 Å². The lowest BCUT2D eigenvalue weighted by molar-refractivity contribution is -0.222. The summed E-state index contributed by atoms with van der Waals surface area (Å²) in [5.41, 5.74) is -0.0995. The first-order valence-corrected chi connectivity index (χ1v) is 4.60. The fourth-order valence-electron chi connectivity index (χ4n) is 2.65. The van der Waals surface area contributed by atoms with E-state index < -0.39 is 5.92 Å².